The largest absolute Gasteiger partial charge is 0.469 e. The van der Waals surface area contributed by atoms with Gasteiger partial charge in [0.1, 0.15) is 4.90 Å². The van der Waals surface area contributed by atoms with Gasteiger partial charge in [0.15, 0.2) is 0 Å². The Labute approximate surface area is 187 Å². The Morgan fingerprint density at radius 1 is 1.16 bits per heavy atom. The molecule has 0 fully saturated rings. The van der Waals surface area contributed by atoms with E-state index in [1.807, 2.05) is 0 Å². The number of esters is 1. The van der Waals surface area contributed by atoms with E-state index in [1.54, 1.807) is 30.3 Å². The molecule has 0 unspecified atom stereocenters. The van der Waals surface area contributed by atoms with Gasteiger partial charge in [-0.25, -0.2) is 8.42 Å². The smallest absolute Gasteiger partial charge is 0.305 e. The number of anilines is 1. The fourth-order valence-corrected chi connectivity index (χ4v) is 4.75. The number of amides is 1. The van der Waals surface area contributed by atoms with Gasteiger partial charge < -0.3 is 10.1 Å². The van der Waals surface area contributed by atoms with Crippen LogP contribution >= 0.6 is 11.6 Å². The number of para-hydroxylation sites is 1. The first-order chi connectivity index (χ1) is 14.8. The summed E-state index contributed by atoms with van der Waals surface area (Å²) in [5, 5.41) is 2.73. The van der Waals surface area contributed by atoms with Crippen molar-refractivity contribution < 1.29 is 22.7 Å². The van der Waals surface area contributed by atoms with Crippen LogP contribution in [-0.4, -0.2) is 40.5 Å². The molecule has 1 N–H and O–H groups in total. The van der Waals surface area contributed by atoms with Crippen LogP contribution in [0.2, 0.25) is 5.02 Å². The van der Waals surface area contributed by atoms with E-state index in [-0.39, 0.29) is 34.4 Å². The van der Waals surface area contributed by atoms with Crippen molar-refractivity contribution in [2.75, 3.05) is 24.5 Å². The fraction of sp³-hybridized carbons (Fsp3) is 0.273. The highest BCUT2D eigenvalue weighted by Crippen LogP contribution is 2.29. The number of unbranched alkanes of at least 4 members (excludes halogenated alkanes) is 1. The lowest BCUT2D eigenvalue weighted by molar-refractivity contribution is -0.140. The van der Waals surface area contributed by atoms with Crippen LogP contribution in [0.3, 0.4) is 0 Å². The van der Waals surface area contributed by atoms with E-state index in [9.17, 15) is 18.0 Å². The standard InChI is InChI=1S/C22H25ClN2O5S/c1-3-15-25(18-9-5-4-6-10-18)31(28,29)20-16-17(12-13-19(20)23)22(27)24-14-8-7-11-21(26)30-2/h3-6,9-10,12-13,16H,1,7-8,11,14-15H2,2H3,(H,24,27). The number of hydrogen-bond donors (Lipinski definition) is 1. The number of methoxy groups -OCH3 is 1. The molecule has 1 amide bonds. The summed E-state index contributed by atoms with van der Waals surface area (Å²) in [6, 6.07) is 12.7. The van der Waals surface area contributed by atoms with Crippen molar-refractivity contribution in [2.45, 2.75) is 24.2 Å². The van der Waals surface area contributed by atoms with Gasteiger partial charge in [-0.15, -0.1) is 6.58 Å². The van der Waals surface area contributed by atoms with Crippen LogP contribution in [-0.2, 0) is 19.6 Å². The zero-order valence-electron chi connectivity index (χ0n) is 17.2. The molecule has 0 saturated carbocycles. The third-order valence-corrected chi connectivity index (χ3v) is 6.70. The molecule has 0 heterocycles. The summed E-state index contributed by atoms with van der Waals surface area (Å²) in [4.78, 5) is 23.4. The SMILES string of the molecule is C=CCN(c1ccccc1)S(=O)(=O)c1cc(C(=O)NCCCCC(=O)OC)ccc1Cl. The van der Waals surface area contributed by atoms with E-state index in [2.05, 4.69) is 16.6 Å². The fourth-order valence-electron chi connectivity index (χ4n) is 2.82. The summed E-state index contributed by atoms with van der Waals surface area (Å²) in [6.07, 6.45) is 2.90. The molecule has 31 heavy (non-hydrogen) atoms. The number of benzene rings is 2. The number of carbonyl (C=O) groups excluding carboxylic acids is 2. The van der Waals surface area contributed by atoms with Crippen LogP contribution in [0.15, 0.2) is 66.1 Å². The lowest BCUT2D eigenvalue weighted by Gasteiger charge is -2.24. The lowest BCUT2D eigenvalue weighted by atomic mass is 10.2. The second-order valence-corrected chi connectivity index (χ2v) is 8.83. The molecule has 0 saturated heterocycles. The number of carbonyl (C=O) groups is 2. The summed E-state index contributed by atoms with van der Waals surface area (Å²) in [5.74, 6) is -0.734. The van der Waals surface area contributed by atoms with Crippen LogP contribution in [0.25, 0.3) is 0 Å². The van der Waals surface area contributed by atoms with Crippen molar-refractivity contribution in [3.8, 4) is 0 Å². The van der Waals surface area contributed by atoms with Crippen LogP contribution in [0.5, 0.6) is 0 Å². The molecule has 0 spiro atoms. The van der Waals surface area contributed by atoms with Crippen molar-refractivity contribution in [1.29, 1.82) is 0 Å². The Balaban J connectivity index is 2.19. The lowest BCUT2D eigenvalue weighted by Crippen LogP contribution is -2.32. The topological polar surface area (TPSA) is 92.8 Å². The Kier molecular flexibility index (Phi) is 9.08. The zero-order valence-corrected chi connectivity index (χ0v) is 18.8. The molecule has 2 aromatic carbocycles. The number of nitrogens with one attached hydrogen (secondary N) is 1. The van der Waals surface area contributed by atoms with Gasteiger partial charge in [0.05, 0.1) is 24.4 Å². The number of hydrogen-bond acceptors (Lipinski definition) is 5. The average molecular weight is 465 g/mol. The van der Waals surface area contributed by atoms with Gasteiger partial charge in [0.2, 0.25) is 0 Å². The van der Waals surface area contributed by atoms with Crippen molar-refractivity contribution >= 4 is 39.2 Å². The third kappa shape index (κ3) is 6.57. The summed E-state index contributed by atoms with van der Waals surface area (Å²) < 4.78 is 32.4. The maximum Gasteiger partial charge on any atom is 0.305 e. The number of halogens is 1. The minimum Gasteiger partial charge on any atom is -0.469 e. The molecular formula is C22H25ClN2O5S. The molecule has 0 atom stereocenters. The van der Waals surface area contributed by atoms with E-state index in [0.717, 1.165) is 0 Å². The Morgan fingerprint density at radius 3 is 2.52 bits per heavy atom. The van der Waals surface area contributed by atoms with Gasteiger partial charge in [0, 0.05) is 18.5 Å². The normalized spacial score (nSPS) is 10.9. The Bertz CT molecular complexity index is 1030. The Morgan fingerprint density at radius 2 is 1.87 bits per heavy atom. The third-order valence-electron chi connectivity index (χ3n) is 4.42. The predicted octanol–water partition coefficient (Wildman–Crippen LogP) is 3.79. The number of nitrogens with zero attached hydrogens (tertiary/aromatic N) is 1. The summed E-state index contributed by atoms with van der Waals surface area (Å²) in [5.41, 5.74) is 0.626. The monoisotopic (exact) mass is 464 g/mol. The number of rotatable bonds is 11. The molecule has 0 bridgehead atoms. The summed E-state index contributed by atoms with van der Waals surface area (Å²) >= 11 is 6.20. The maximum absolute atomic E-state index is 13.3. The number of ether oxygens (including phenoxy) is 1. The molecular weight excluding hydrogens is 440 g/mol. The number of sulfonamides is 1. The van der Waals surface area contributed by atoms with Crippen molar-refractivity contribution in [2.24, 2.45) is 0 Å². The molecule has 0 aromatic heterocycles. The molecule has 0 aliphatic rings. The highest BCUT2D eigenvalue weighted by atomic mass is 35.5. The molecule has 166 valence electrons. The van der Waals surface area contributed by atoms with Gasteiger partial charge in [-0.05, 0) is 43.2 Å². The van der Waals surface area contributed by atoms with Gasteiger partial charge in [-0.2, -0.15) is 0 Å². The van der Waals surface area contributed by atoms with Gasteiger partial charge >= 0.3 is 5.97 Å². The second-order valence-electron chi connectivity index (χ2n) is 6.59. The molecule has 0 aliphatic heterocycles. The summed E-state index contributed by atoms with van der Waals surface area (Å²) in [6.45, 7) is 4.02. The first-order valence-electron chi connectivity index (χ1n) is 9.64. The maximum atomic E-state index is 13.3. The van der Waals surface area contributed by atoms with Gasteiger partial charge in [-0.3, -0.25) is 13.9 Å². The highest BCUT2D eigenvalue weighted by molar-refractivity contribution is 7.93. The molecule has 2 aromatic rings. The van der Waals surface area contributed by atoms with E-state index in [1.165, 1.54) is 35.7 Å². The summed E-state index contributed by atoms with van der Waals surface area (Å²) in [7, 11) is -2.72. The van der Waals surface area contributed by atoms with E-state index in [0.29, 0.717) is 25.1 Å². The van der Waals surface area contributed by atoms with E-state index < -0.39 is 15.9 Å². The van der Waals surface area contributed by atoms with Crippen LogP contribution in [0, 0.1) is 0 Å². The first kappa shape index (κ1) is 24.4. The molecule has 9 heteroatoms. The van der Waals surface area contributed by atoms with E-state index in [4.69, 9.17) is 11.6 Å². The van der Waals surface area contributed by atoms with Crippen LogP contribution < -0.4 is 9.62 Å². The molecule has 7 nitrogen and oxygen atoms in total. The average Bonchev–Trinajstić information content (AvgIpc) is 2.77. The highest BCUT2D eigenvalue weighted by Gasteiger charge is 2.27. The zero-order chi connectivity index (χ0) is 22.9. The molecule has 0 radical (unpaired) electrons. The van der Waals surface area contributed by atoms with Crippen LogP contribution in [0.1, 0.15) is 29.6 Å². The minimum absolute atomic E-state index is 0.0135. The molecule has 0 aliphatic carbocycles. The van der Waals surface area contributed by atoms with Crippen molar-refractivity contribution in [1.82, 2.24) is 5.32 Å². The van der Waals surface area contributed by atoms with Gasteiger partial charge in [0.25, 0.3) is 15.9 Å². The minimum atomic E-state index is -4.05. The van der Waals surface area contributed by atoms with E-state index >= 15 is 0 Å². The second kappa shape index (κ2) is 11.5. The van der Waals surface area contributed by atoms with Crippen molar-refractivity contribution in [3.63, 3.8) is 0 Å². The van der Waals surface area contributed by atoms with Crippen molar-refractivity contribution in [3.05, 3.63) is 71.8 Å². The first-order valence-corrected chi connectivity index (χ1v) is 11.5. The quantitative estimate of drug-likeness (QED) is 0.310. The van der Waals surface area contributed by atoms with Crippen LogP contribution in [0.4, 0.5) is 5.69 Å². The van der Waals surface area contributed by atoms with Gasteiger partial charge in [-0.1, -0.05) is 35.9 Å². The Hall–Kier alpha value is -2.84. The molecule has 2 rings (SSSR count). The predicted molar refractivity (Wildman–Crippen MR) is 121 cm³/mol.